The lowest BCUT2D eigenvalue weighted by Gasteiger charge is -2.52. The van der Waals surface area contributed by atoms with Crippen molar-refractivity contribution in [2.75, 3.05) is 27.4 Å². The minimum Gasteiger partial charge on any atom is -0.385 e. The number of methoxy groups -OCH3 is 2. The summed E-state index contributed by atoms with van der Waals surface area (Å²) in [5.41, 5.74) is 1.83. The van der Waals surface area contributed by atoms with Gasteiger partial charge in [0.1, 0.15) is 48.3 Å². The van der Waals surface area contributed by atoms with Crippen LogP contribution in [0.5, 0.6) is 0 Å². The molecule has 6 rings (SSSR count). The first-order chi connectivity index (χ1) is 25.3. The van der Waals surface area contributed by atoms with E-state index in [9.17, 15) is 5.11 Å². The molecule has 3 saturated heterocycles. The number of aliphatic hydroxyl groups is 1. The van der Waals surface area contributed by atoms with E-state index in [1.165, 1.54) is 7.11 Å². The van der Waals surface area contributed by atoms with Crippen molar-refractivity contribution in [3.05, 3.63) is 120 Å². The maximum Gasteiger partial charge on any atom is 0.187 e. The molecule has 3 aromatic rings. The number of benzene rings is 3. The molecule has 3 aliphatic heterocycles. The van der Waals surface area contributed by atoms with Crippen LogP contribution in [0.3, 0.4) is 0 Å². The molecule has 3 heterocycles. The standard InChI is InChI=1S/C41H52O11/c1-6-41-22-23-48-40(2,3)51-37(41)34(43-4)32(42)38(52-41)50-33-31(27-45-24-28-16-10-7-11-17-28)49-39(44-5)36(47-26-30-20-14-9-15-21-30)35(33)46-25-29-18-12-8-13-19-29/h6-21,31-39,42H,1,22-27H2,2-5H3/t31-,32+,33-,34-,35+,36-,37+,38-,39+,41-/m1/s1. The summed E-state index contributed by atoms with van der Waals surface area (Å²) < 4.78 is 64.0. The Labute approximate surface area is 306 Å². The average molecular weight is 721 g/mol. The summed E-state index contributed by atoms with van der Waals surface area (Å²) in [5, 5.41) is 11.9. The summed E-state index contributed by atoms with van der Waals surface area (Å²) in [7, 11) is 3.10. The van der Waals surface area contributed by atoms with Gasteiger partial charge in [0.25, 0.3) is 0 Å². The first-order valence-corrected chi connectivity index (χ1v) is 17.9. The molecule has 3 aliphatic rings. The SMILES string of the molecule is C=C[C@@]12CCOC(C)(C)O[C@H]1[C@H](OC)[C@H](O)[C@H](O[C@H]1[C@H](OCc3ccccc3)[C@@H](OCc3ccccc3)[C@@H](OC)O[C@@H]1COCc1ccccc1)O2. The Bertz CT molecular complexity index is 1510. The number of hydrogen-bond acceptors (Lipinski definition) is 11. The highest BCUT2D eigenvalue weighted by Gasteiger charge is 2.59. The second-order valence-electron chi connectivity index (χ2n) is 13.8. The largest absolute Gasteiger partial charge is 0.385 e. The molecule has 0 saturated carbocycles. The predicted octanol–water partition coefficient (Wildman–Crippen LogP) is 5.33. The van der Waals surface area contributed by atoms with Gasteiger partial charge < -0.3 is 52.5 Å². The summed E-state index contributed by atoms with van der Waals surface area (Å²) in [6.07, 6.45) is -5.96. The van der Waals surface area contributed by atoms with Crippen LogP contribution in [-0.2, 0) is 67.2 Å². The molecule has 11 heteroatoms. The minimum absolute atomic E-state index is 0.118. The fraction of sp³-hybridized carbons (Fsp3) is 0.512. The van der Waals surface area contributed by atoms with Gasteiger partial charge >= 0.3 is 0 Å². The van der Waals surface area contributed by atoms with E-state index in [0.29, 0.717) is 19.6 Å². The van der Waals surface area contributed by atoms with Crippen molar-refractivity contribution in [3.63, 3.8) is 0 Å². The molecule has 0 bridgehead atoms. The van der Waals surface area contributed by atoms with Gasteiger partial charge in [-0.05, 0) is 30.5 Å². The summed E-state index contributed by atoms with van der Waals surface area (Å²) in [6, 6.07) is 29.6. The van der Waals surface area contributed by atoms with E-state index < -0.39 is 66.7 Å². The minimum atomic E-state index is -1.28. The van der Waals surface area contributed by atoms with Crippen LogP contribution in [0.25, 0.3) is 0 Å². The molecule has 0 aromatic heterocycles. The van der Waals surface area contributed by atoms with Gasteiger partial charge in [0, 0.05) is 20.6 Å². The van der Waals surface area contributed by atoms with Crippen molar-refractivity contribution in [1.82, 2.24) is 0 Å². The van der Waals surface area contributed by atoms with E-state index in [0.717, 1.165) is 16.7 Å². The Hall–Kier alpha value is -3.04. The van der Waals surface area contributed by atoms with Crippen molar-refractivity contribution < 1.29 is 52.5 Å². The predicted molar refractivity (Wildman–Crippen MR) is 191 cm³/mol. The molecule has 11 nitrogen and oxygen atoms in total. The van der Waals surface area contributed by atoms with Gasteiger partial charge in [-0.2, -0.15) is 0 Å². The van der Waals surface area contributed by atoms with E-state index in [1.807, 2.05) is 105 Å². The molecule has 0 aliphatic carbocycles. The molecule has 10 atom stereocenters. The van der Waals surface area contributed by atoms with Gasteiger partial charge in [-0.3, -0.25) is 0 Å². The van der Waals surface area contributed by atoms with Crippen LogP contribution in [0, 0.1) is 0 Å². The highest BCUT2D eigenvalue weighted by Crippen LogP contribution is 2.43. The number of rotatable bonds is 15. The summed E-state index contributed by atoms with van der Waals surface area (Å²) in [6.45, 7) is 9.06. The molecule has 0 spiro atoms. The van der Waals surface area contributed by atoms with Crippen molar-refractivity contribution in [2.24, 2.45) is 0 Å². The van der Waals surface area contributed by atoms with Crippen molar-refractivity contribution in [1.29, 1.82) is 0 Å². The molecular formula is C41H52O11. The topological polar surface area (TPSA) is 113 Å². The molecule has 3 fully saturated rings. The van der Waals surface area contributed by atoms with Crippen molar-refractivity contribution in [3.8, 4) is 0 Å². The normalized spacial score (nSPS) is 33.1. The number of aliphatic hydroxyl groups excluding tert-OH is 1. The van der Waals surface area contributed by atoms with Crippen LogP contribution in [-0.4, -0.2) is 99.2 Å². The molecule has 0 radical (unpaired) electrons. The Morgan fingerprint density at radius 3 is 1.87 bits per heavy atom. The maximum absolute atomic E-state index is 11.9. The summed E-state index contributed by atoms with van der Waals surface area (Å²) in [4.78, 5) is 0. The average Bonchev–Trinajstić information content (AvgIpc) is 3.30. The smallest absolute Gasteiger partial charge is 0.187 e. The van der Waals surface area contributed by atoms with E-state index in [1.54, 1.807) is 13.2 Å². The van der Waals surface area contributed by atoms with Gasteiger partial charge in [0.2, 0.25) is 0 Å². The third kappa shape index (κ3) is 9.18. The zero-order chi connectivity index (χ0) is 36.6. The Balaban J connectivity index is 1.34. The van der Waals surface area contributed by atoms with Gasteiger partial charge in [0.15, 0.2) is 18.4 Å². The van der Waals surface area contributed by atoms with Gasteiger partial charge in [-0.25, -0.2) is 0 Å². The lowest BCUT2D eigenvalue weighted by Crippen LogP contribution is -2.68. The van der Waals surface area contributed by atoms with E-state index in [2.05, 4.69) is 6.58 Å². The van der Waals surface area contributed by atoms with Crippen LogP contribution in [0.1, 0.15) is 37.0 Å². The van der Waals surface area contributed by atoms with E-state index >= 15 is 0 Å². The molecule has 0 amide bonds. The number of hydrogen-bond donors (Lipinski definition) is 1. The van der Waals surface area contributed by atoms with E-state index in [-0.39, 0.29) is 19.8 Å². The summed E-state index contributed by atoms with van der Waals surface area (Å²) >= 11 is 0. The fourth-order valence-corrected chi connectivity index (χ4v) is 7.05. The van der Waals surface area contributed by atoms with Crippen molar-refractivity contribution in [2.45, 2.75) is 107 Å². The highest BCUT2D eigenvalue weighted by atomic mass is 16.8. The third-order valence-electron chi connectivity index (χ3n) is 9.78. The summed E-state index contributed by atoms with van der Waals surface area (Å²) in [5.74, 6) is -0.948. The van der Waals surface area contributed by atoms with Gasteiger partial charge in [-0.1, -0.05) is 97.1 Å². The Morgan fingerprint density at radius 1 is 0.731 bits per heavy atom. The molecule has 0 unspecified atom stereocenters. The molecular weight excluding hydrogens is 668 g/mol. The zero-order valence-corrected chi connectivity index (χ0v) is 30.4. The molecule has 1 N–H and O–H groups in total. The second kappa shape index (κ2) is 17.9. The first-order valence-electron chi connectivity index (χ1n) is 17.9. The maximum atomic E-state index is 11.9. The van der Waals surface area contributed by atoms with Crippen LogP contribution < -0.4 is 0 Å². The molecule has 52 heavy (non-hydrogen) atoms. The zero-order valence-electron chi connectivity index (χ0n) is 30.4. The van der Waals surface area contributed by atoms with Crippen LogP contribution in [0.4, 0.5) is 0 Å². The third-order valence-corrected chi connectivity index (χ3v) is 9.78. The van der Waals surface area contributed by atoms with Crippen LogP contribution in [0.2, 0.25) is 0 Å². The Kier molecular flexibility index (Phi) is 13.3. The second-order valence-corrected chi connectivity index (χ2v) is 13.8. The lowest BCUT2D eigenvalue weighted by molar-refractivity contribution is -0.383. The monoisotopic (exact) mass is 720 g/mol. The number of fused-ring (bicyclic) bond motifs is 1. The Morgan fingerprint density at radius 2 is 1.31 bits per heavy atom. The van der Waals surface area contributed by atoms with Crippen molar-refractivity contribution >= 4 is 0 Å². The molecule has 3 aromatic carbocycles. The fourth-order valence-electron chi connectivity index (χ4n) is 7.05. The quantitative estimate of drug-likeness (QED) is 0.206. The van der Waals surface area contributed by atoms with E-state index in [4.69, 9.17) is 47.4 Å². The number of ether oxygens (including phenoxy) is 10. The van der Waals surface area contributed by atoms with Gasteiger partial charge in [0.05, 0.1) is 33.0 Å². The lowest BCUT2D eigenvalue weighted by atomic mass is 9.84. The first kappa shape index (κ1) is 38.7. The van der Waals surface area contributed by atoms with Crippen LogP contribution >= 0.6 is 0 Å². The van der Waals surface area contributed by atoms with Crippen LogP contribution in [0.15, 0.2) is 104 Å². The van der Waals surface area contributed by atoms with Gasteiger partial charge in [-0.15, -0.1) is 6.58 Å². The molecule has 282 valence electrons. The highest BCUT2D eigenvalue weighted by molar-refractivity contribution is 5.16.